The molecule has 3 rings (SSSR count). The first-order chi connectivity index (χ1) is 9.06. The van der Waals surface area contributed by atoms with Gasteiger partial charge in [0.25, 0.3) is 0 Å². The topological polar surface area (TPSA) is 72.9 Å². The third-order valence-corrected chi connectivity index (χ3v) is 4.20. The molecule has 3 heterocycles. The lowest BCUT2D eigenvalue weighted by molar-refractivity contribution is -0.137. The Kier molecular flexibility index (Phi) is 4.63. The van der Waals surface area contributed by atoms with Crippen molar-refractivity contribution in [3.63, 3.8) is 0 Å². The van der Waals surface area contributed by atoms with Gasteiger partial charge in [-0.05, 0) is 38.3 Å². The lowest BCUT2D eigenvalue weighted by atomic mass is 9.84. The SMILES string of the molecule is CN(CCCC(=O)O)C(=O)NC1CN2CCC1CC2. The van der Waals surface area contributed by atoms with E-state index < -0.39 is 5.97 Å². The molecule has 0 aromatic rings. The van der Waals surface area contributed by atoms with Gasteiger partial charge >= 0.3 is 12.0 Å². The van der Waals surface area contributed by atoms with Crippen molar-refractivity contribution in [2.75, 3.05) is 33.2 Å². The van der Waals surface area contributed by atoms with Crippen molar-refractivity contribution in [2.45, 2.75) is 31.7 Å². The van der Waals surface area contributed by atoms with E-state index in [2.05, 4.69) is 10.2 Å². The highest BCUT2D eigenvalue weighted by atomic mass is 16.4. The maximum atomic E-state index is 12.0. The number of carbonyl (C=O) groups excluding carboxylic acids is 1. The number of carboxylic acid groups (broad SMARTS) is 1. The second kappa shape index (κ2) is 6.23. The number of hydrogen-bond acceptors (Lipinski definition) is 3. The number of urea groups is 1. The van der Waals surface area contributed by atoms with Crippen molar-refractivity contribution in [3.8, 4) is 0 Å². The van der Waals surface area contributed by atoms with Gasteiger partial charge < -0.3 is 20.2 Å². The van der Waals surface area contributed by atoms with Crippen LogP contribution in [-0.2, 0) is 4.79 Å². The summed E-state index contributed by atoms with van der Waals surface area (Å²) >= 11 is 0. The summed E-state index contributed by atoms with van der Waals surface area (Å²) < 4.78 is 0. The van der Waals surface area contributed by atoms with Gasteiger partial charge in [0.2, 0.25) is 0 Å². The Labute approximate surface area is 113 Å². The maximum absolute atomic E-state index is 12.0. The smallest absolute Gasteiger partial charge is 0.317 e. The molecule has 6 heteroatoms. The molecule has 19 heavy (non-hydrogen) atoms. The largest absolute Gasteiger partial charge is 0.481 e. The number of hydrogen-bond donors (Lipinski definition) is 2. The third-order valence-electron chi connectivity index (χ3n) is 4.20. The Morgan fingerprint density at radius 2 is 2.05 bits per heavy atom. The highest BCUT2D eigenvalue weighted by Crippen LogP contribution is 2.27. The van der Waals surface area contributed by atoms with Gasteiger partial charge in [0, 0.05) is 32.6 Å². The van der Waals surface area contributed by atoms with Crippen LogP contribution in [0.4, 0.5) is 4.79 Å². The van der Waals surface area contributed by atoms with Crippen LogP contribution in [0.25, 0.3) is 0 Å². The second-order valence-electron chi connectivity index (χ2n) is 5.61. The van der Waals surface area contributed by atoms with E-state index in [1.165, 1.54) is 12.8 Å². The summed E-state index contributed by atoms with van der Waals surface area (Å²) in [4.78, 5) is 26.4. The van der Waals surface area contributed by atoms with Gasteiger partial charge in [0.1, 0.15) is 0 Å². The van der Waals surface area contributed by atoms with Crippen molar-refractivity contribution in [1.82, 2.24) is 15.1 Å². The van der Waals surface area contributed by atoms with Gasteiger partial charge in [-0.25, -0.2) is 4.79 Å². The fourth-order valence-electron chi connectivity index (χ4n) is 2.97. The molecule has 0 radical (unpaired) electrons. The molecule has 3 saturated heterocycles. The molecule has 0 aliphatic carbocycles. The van der Waals surface area contributed by atoms with E-state index in [4.69, 9.17) is 5.11 Å². The summed E-state index contributed by atoms with van der Waals surface area (Å²) in [6.07, 6.45) is 2.96. The summed E-state index contributed by atoms with van der Waals surface area (Å²) in [5.74, 6) is -0.201. The number of fused-ring (bicyclic) bond motifs is 3. The highest BCUT2D eigenvalue weighted by molar-refractivity contribution is 5.74. The number of carbonyl (C=O) groups is 2. The molecule has 108 valence electrons. The van der Waals surface area contributed by atoms with Gasteiger partial charge in [-0.15, -0.1) is 0 Å². The van der Waals surface area contributed by atoms with Crippen molar-refractivity contribution < 1.29 is 14.7 Å². The minimum absolute atomic E-state index is 0.0795. The Bertz CT molecular complexity index is 340. The predicted octanol–water partition coefficient (Wildman–Crippen LogP) is 0.587. The van der Waals surface area contributed by atoms with Gasteiger partial charge in [0.15, 0.2) is 0 Å². The Morgan fingerprint density at radius 3 is 2.58 bits per heavy atom. The lowest BCUT2D eigenvalue weighted by Crippen LogP contribution is -2.58. The summed E-state index contributed by atoms with van der Waals surface area (Å²) in [6, 6.07) is 0.182. The number of carboxylic acids is 1. The molecule has 3 aliphatic heterocycles. The van der Waals surface area contributed by atoms with Crippen LogP contribution in [-0.4, -0.2) is 66.2 Å². The van der Waals surface area contributed by atoms with Crippen LogP contribution in [0.2, 0.25) is 0 Å². The minimum atomic E-state index is -0.814. The first-order valence-corrected chi connectivity index (χ1v) is 7.02. The molecule has 6 nitrogen and oxygen atoms in total. The molecule has 0 spiro atoms. The zero-order chi connectivity index (χ0) is 13.8. The van der Waals surface area contributed by atoms with E-state index in [0.29, 0.717) is 18.9 Å². The normalized spacial score (nSPS) is 29.0. The highest BCUT2D eigenvalue weighted by Gasteiger charge is 2.35. The molecule has 0 aromatic carbocycles. The number of nitrogens with one attached hydrogen (secondary N) is 1. The average Bonchev–Trinajstić information content (AvgIpc) is 2.39. The number of amides is 2. The summed E-state index contributed by atoms with van der Waals surface area (Å²) in [5.41, 5.74) is 0. The zero-order valence-corrected chi connectivity index (χ0v) is 11.5. The molecule has 1 unspecified atom stereocenters. The lowest BCUT2D eigenvalue weighted by Gasteiger charge is -2.45. The molecule has 0 saturated carbocycles. The minimum Gasteiger partial charge on any atom is -0.481 e. The van der Waals surface area contributed by atoms with E-state index in [0.717, 1.165) is 19.6 Å². The van der Waals surface area contributed by atoms with Gasteiger partial charge in [-0.2, -0.15) is 0 Å². The standard InChI is InChI=1S/C13H23N3O3/c1-15(6-2-3-12(17)18)13(19)14-11-9-16-7-4-10(11)5-8-16/h10-11H,2-9H2,1H3,(H,14,19)(H,17,18). The fraction of sp³-hybridized carbons (Fsp3) is 0.846. The van der Waals surface area contributed by atoms with E-state index >= 15 is 0 Å². The molecular weight excluding hydrogens is 246 g/mol. The molecule has 1 atom stereocenters. The molecular formula is C13H23N3O3. The van der Waals surface area contributed by atoms with Crippen molar-refractivity contribution >= 4 is 12.0 Å². The maximum Gasteiger partial charge on any atom is 0.317 e. The van der Waals surface area contributed by atoms with Crippen LogP contribution in [0.15, 0.2) is 0 Å². The first kappa shape index (κ1) is 14.1. The Morgan fingerprint density at radius 1 is 1.37 bits per heavy atom. The van der Waals surface area contributed by atoms with E-state index in [1.54, 1.807) is 11.9 Å². The molecule has 2 bridgehead atoms. The summed E-state index contributed by atoms with van der Waals surface area (Å²) in [5, 5.41) is 11.7. The van der Waals surface area contributed by atoms with Gasteiger partial charge in [0.05, 0.1) is 0 Å². The zero-order valence-electron chi connectivity index (χ0n) is 11.5. The van der Waals surface area contributed by atoms with E-state index in [-0.39, 0.29) is 18.5 Å². The molecule has 3 fully saturated rings. The summed E-state index contributed by atoms with van der Waals surface area (Å²) in [7, 11) is 1.72. The Balaban J connectivity index is 1.72. The molecule has 2 amide bonds. The van der Waals surface area contributed by atoms with Crippen LogP contribution in [0.1, 0.15) is 25.7 Å². The van der Waals surface area contributed by atoms with Crippen LogP contribution in [0.5, 0.6) is 0 Å². The number of piperidine rings is 3. The quantitative estimate of drug-likeness (QED) is 0.766. The fourth-order valence-corrected chi connectivity index (χ4v) is 2.97. The average molecular weight is 269 g/mol. The second-order valence-corrected chi connectivity index (χ2v) is 5.61. The van der Waals surface area contributed by atoms with E-state index in [9.17, 15) is 9.59 Å². The summed E-state index contributed by atoms with van der Waals surface area (Å²) in [6.45, 7) is 3.76. The molecule has 0 aromatic heterocycles. The van der Waals surface area contributed by atoms with Crippen LogP contribution < -0.4 is 5.32 Å². The predicted molar refractivity (Wildman–Crippen MR) is 71.0 cm³/mol. The van der Waals surface area contributed by atoms with Crippen LogP contribution >= 0.6 is 0 Å². The number of nitrogens with zero attached hydrogens (tertiary/aromatic N) is 2. The van der Waals surface area contributed by atoms with E-state index in [1.807, 2.05) is 0 Å². The molecule has 3 aliphatic rings. The van der Waals surface area contributed by atoms with Gasteiger partial charge in [-0.1, -0.05) is 0 Å². The first-order valence-electron chi connectivity index (χ1n) is 7.02. The van der Waals surface area contributed by atoms with Crippen molar-refractivity contribution in [2.24, 2.45) is 5.92 Å². The number of aliphatic carboxylic acids is 1. The number of rotatable bonds is 5. The third kappa shape index (κ3) is 3.83. The van der Waals surface area contributed by atoms with Crippen LogP contribution in [0, 0.1) is 5.92 Å². The van der Waals surface area contributed by atoms with Crippen LogP contribution in [0.3, 0.4) is 0 Å². The van der Waals surface area contributed by atoms with Gasteiger partial charge in [-0.3, -0.25) is 4.79 Å². The van der Waals surface area contributed by atoms with Crippen molar-refractivity contribution in [1.29, 1.82) is 0 Å². The van der Waals surface area contributed by atoms with Crippen molar-refractivity contribution in [3.05, 3.63) is 0 Å². The molecule has 2 N–H and O–H groups in total. The Hall–Kier alpha value is -1.30. The monoisotopic (exact) mass is 269 g/mol.